The van der Waals surface area contributed by atoms with E-state index in [1.54, 1.807) is 0 Å². The van der Waals surface area contributed by atoms with E-state index in [2.05, 4.69) is 309 Å². The van der Waals surface area contributed by atoms with Crippen LogP contribution in [0.5, 0.6) is 0 Å². The van der Waals surface area contributed by atoms with E-state index in [1.165, 1.54) is 72.4 Å². The second-order valence-corrected chi connectivity index (χ2v) is 29.3. The highest BCUT2D eigenvalue weighted by Gasteiger charge is 2.39. The lowest BCUT2D eigenvalue weighted by Gasteiger charge is -2.36. The van der Waals surface area contributed by atoms with E-state index < -0.39 is 0 Å². The average Bonchev–Trinajstić information content (AvgIpc) is 3.69. The van der Waals surface area contributed by atoms with E-state index in [1.807, 2.05) is 0 Å². The van der Waals surface area contributed by atoms with E-state index in [4.69, 9.17) is 4.42 Å². The molecule has 1 aliphatic carbocycles. The van der Waals surface area contributed by atoms with Gasteiger partial charge in [-0.1, -0.05) is 208 Å². The SMILES string of the molecule is CC(C)(C)c1ccc(Nc2cc3c(cc2-c2c4c(cc5c2oc2ccccc25)N(c2ccc(C(C)(C)C)cc2)c2ccc(C(C)(C)C)cc2B4)-c2cc(N(c4ccc(C(C)(C)C)cc4)c4ccc(C(C)(C)C)cc4)ccc2C3(C)C)cc1. The molecule has 10 aromatic rings. The van der Waals surface area contributed by atoms with Gasteiger partial charge in [-0.2, -0.15) is 0 Å². The lowest BCUT2D eigenvalue weighted by molar-refractivity contribution is 0.590. The number of hydrogen-bond acceptors (Lipinski definition) is 4. The van der Waals surface area contributed by atoms with Crippen LogP contribution < -0.4 is 26.0 Å². The Labute approximate surface area is 489 Å². The molecular formula is C77H82BN3O. The molecule has 0 spiro atoms. The van der Waals surface area contributed by atoms with Crippen LogP contribution in [0, 0.1) is 0 Å². The average molecular weight is 1080 g/mol. The Morgan fingerprint density at radius 2 is 0.939 bits per heavy atom. The van der Waals surface area contributed by atoms with Crippen molar-refractivity contribution < 1.29 is 4.42 Å². The minimum atomic E-state index is -0.315. The maximum atomic E-state index is 7.31. The van der Waals surface area contributed by atoms with Crippen molar-refractivity contribution in [1.29, 1.82) is 0 Å². The molecule has 0 unspecified atom stereocenters. The van der Waals surface area contributed by atoms with Crippen LogP contribution in [0.1, 0.15) is 157 Å². The summed E-state index contributed by atoms with van der Waals surface area (Å²) in [7, 11) is 0.730. The van der Waals surface area contributed by atoms with Crippen LogP contribution in [0.2, 0.25) is 0 Å². The molecule has 0 fully saturated rings. The summed E-state index contributed by atoms with van der Waals surface area (Å²) in [6.07, 6.45) is 0. The second-order valence-electron chi connectivity index (χ2n) is 29.3. The standard InChI is InChI=1S/C77H82BN3O/c1-72(2,3)47-22-31-52(32-23-47)79-65-46-63-59(58-43-56(39-40-62(58)77(63,16)17)80(53-33-24-48(25-34-53)73(4,5)6)54-35-26-49(27-36-54)74(7,8)9)44-61(65)69-70-67(45-60-57-20-18-19-21-68(57)82-71(60)69)81(55-37-28-50(29-38-55)75(10,11)12)66-41-30-51(76(13,14)15)42-64(66)78-70/h18-46,78-79H,1-17H3. The Morgan fingerprint density at radius 3 is 1.50 bits per heavy atom. The highest BCUT2D eigenvalue weighted by atomic mass is 16.3. The van der Waals surface area contributed by atoms with Crippen LogP contribution in [-0.2, 0) is 32.5 Å². The molecule has 414 valence electrons. The van der Waals surface area contributed by atoms with Crippen molar-refractivity contribution in [3.05, 3.63) is 215 Å². The van der Waals surface area contributed by atoms with Crippen LogP contribution in [0.4, 0.5) is 45.5 Å². The van der Waals surface area contributed by atoms with E-state index in [9.17, 15) is 0 Å². The van der Waals surface area contributed by atoms with E-state index in [0.29, 0.717) is 0 Å². The summed E-state index contributed by atoms with van der Waals surface area (Å²) in [5.74, 6) is 0. The van der Waals surface area contributed by atoms with Gasteiger partial charge in [0.25, 0.3) is 0 Å². The summed E-state index contributed by atoms with van der Waals surface area (Å²) in [5.41, 5.74) is 26.9. The molecule has 4 nitrogen and oxygen atoms in total. The van der Waals surface area contributed by atoms with Gasteiger partial charge in [-0.25, -0.2) is 0 Å². The van der Waals surface area contributed by atoms with Gasteiger partial charge in [-0.15, -0.1) is 0 Å². The maximum Gasteiger partial charge on any atom is 0.198 e. The first-order chi connectivity index (χ1) is 38.5. The molecule has 1 aliphatic heterocycles. The van der Waals surface area contributed by atoms with Gasteiger partial charge in [0.05, 0.1) is 0 Å². The number of furan rings is 1. The Kier molecular flexibility index (Phi) is 12.8. The van der Waals surface area contributed by atoms with Crippen LogP contribution in [0.25, 0.3) is 44.2 Å². The van der Waals surface area contributed by atoms with E-state index in [0.717, 1.165) is 74.5 Å². The normalized spacial score (nSPS) is 14.1. The van der Waals surface area contributed by atoms with Crippen molar-refractivity contribution in [3.63, 3.8) is 0 Å². The number of hydrogen-bond donors (Lipinski definition) is 1. The number of nitrogens with zero attached hydrogens (tertiary/aromatic N) is 2. The molecule has 5 heteroatoms. The fourth-order valence-electron chi connectivity index (χ4n) is 12.8. The van der Waals surface area contributed by atoms with Crippen molar-refractivity contribution in [3.8, 4) is 22.3 Å². The largest absolute Gasteiger partial charge is 0.455 e. The summed E-state index contributed by atoms with van der Waals surface area (Å²) in [6.45, 7) is 39.2. The fraction of sp³-hybridized carbons (Fsp3) is 0.299. The molecule has 1 aromatic heterocycles. The summed E-state index contributed by atoms with van der Waals surface area (Å²) in [5, 5.41) is 6.31. The summed E-state index contributed by atoms with van der Waals surface area (Å²) < 4.78 is 7.31. The molecule has 1 N–H and O–H groups in total. The number of rotatable bonds is 7. The first kappa shape index (κ1) is 54.8. The Morgan fingerprint density at radius 1 is 0.439 bits per heavy atom. The predicted octanol–water partition coefficient (Wildman–Crippen LogP) is 20.4. The molecule has 0 saturated heterocycles. The Hall–Kier alpha value is -7.76. The molecule has 0 saturated carbocycles. The van der Waals surface area contributed by atoms with E-state index in [-0.39, 0.29) is 32.5 Å². The van der Waals surface area contributed by atoms with Crippen molar-refractivity contribution in [2.24, 2.45) is 0 Å². The second kappa shape index (κ2) is 19.2. The summed E-state index contributed by atoms with van der Waals surface area (Å²) >= 11 is 0. The van der Waals surface area contributed by atoms with E-state index >= 15 is 0 Å². The van der Waals surface area contributed by atoms with Gasteiger partial charge in [0.2, 0.25) is 0 Å². The third-order valence-electron chi connectivity index (χ3n) is 17.9. The minimum absolute atomic E-state index is 0.0125. The van der Waals surface area contributed by atoms with Crippen molar-refractivity contribution in [1.82, 2.24) is 0 Å². The molecule has 9 aromatic carbocycles. The summed E-state index contributed by atoms with van der Waals surface area (Å²) in [4.78, 5) is 4.98. The van der Waals surface area contributed by atoms with Crippen LogP contribution in [0.15, 0.2) is 180 Å². The van der Waals surface area contributed by atoms with Gasteiger partial charge in [0.15, 0.2) is 7.28 Å². The first-order valence-electron chi connectivity index (χ1n) is 29.8. The lowest BCUT2D eigenvalue weighted by Crippen LogP contribution is -2.41. The molecular weight excluding hydrogens is 994 g/mol. The zero-order chi connectivity index (χ0) is 58.2. The predicted molar refractivity (Wildman–Crippen MR) is 356 cm³/mol. The van der Waals surface area contributed by atoms with Crippen LogP contribution >= 0.6 is 0 Å². The third kappa shape index (κ3) is 9.62. The number of anilines is 8. The zero-order valence-corrected chi connectivity index (χ0v) is 51.8. The maximum absolute atomic E-state index is 7.31. The highest BCUT2D eigenvalue weighted by molar-refractivity contribution is 6.73. The summed E-state index contributed by atoms with van der Waals surface area (Å²) in [6, 6.07) is 67.2. The van der Waals surface area contributed by atoms with Gasteiger partial charge in [-0.3, -0.25) is 0 Å². The fourth-order valence-corrected chi connectivity index (χ4v) is 12.8. The molecule has 2 heterocycles. The van der Waals surface area contributed by atoms with Crippen molar-refractivity contribution in [2.45, 2.75) is 150 Å². The Balaban J connectivity index is 1.14. The molecule has 0 radical (unpaired) electrons. The molecule has 2 aliphatic rings. The highest BCUT2D eigenvalue weighted by Crippen LogP contribution is 2.55. The monoisotopic (exact) mass is 1080 g/mol. The van der Waals surface area contributed by atoms with Gasteiger partial charge in [0.1, 0.15) is 11.2 Å². The smallest absolute Gasteiger partial charge is 0.198 e. The Bertz CT molecular complexity index is 4050. The van der Waals surface area contributed by atoms with Gasteiger partial charge in [0, 0.05) is 72.8 Å². The molecule has 82 heavy (non-hydrogen) atoms. The van der Waals surface area contributed by atoms with Crippen molar-refractivity contribution in [2.75, 3.05) is 15.1 Å². The van der Waals surface area contributed by atoms with Gasteiger partial charge >= 0.3 is 0 Å². The number of benzene rings is 9. The number of para-hydroxylation sites is 1. The zero-order valence-electron chi connectivity index (χ0n) is 51.8. The molecule has 0 atom stereocenters. The minimum Gasteiger partial charge on any atom is -0.455 e. The van der Waals surface area contributed by atoms with Crippen molar-refractivity contribution >= 4 is 85.6 Å². The first-order valence-corrected chi connectivity index (χ1v) is 29.8. The molecule has 12 rings (SSSR count). The number of fused-ring (bicyclic) bond motifs is 8. The van der Waals surface area contributed by atoms with Crippen LogP contribution in [0.3, 0.4) is 0 Å². The molecule has 0 bridgehead atoms. The quantitative estimate of drug-likeness (QED) is 0.161. The lowest BCUT2D eigenvalue weighted by atomic mass is 9.57. The topological polar surface area (TPSA) is 31.7 Å². The molecule has 0 amide bonds. The van der Waals surface area contributed by atoms with Crippen LogP contribution in [-0.4, -0.2) is 7.28 Å². The van der Waals surface area contributed by atoms with Gasteiger partial charge < -0.3 is 19.5 Å². The van der Waals surface area contributed by atoms with Gasteiger partial charge in [-0.05, 0) is 174 Å². The third-order valence-corrected chi connectivity index (χ3v) is 17.9. The number of nitrogens with one attached hydrogen (secondary N) is 1.